The van der Waals surface area contributed by atoms with Gasteiger partial charge in [0.1, 0.15) is 11.6 Å². The van der Waals surface area contributed by atoms with E-state index >= 15 is 0 Å². The third-order valence-corrected chi connectivity index (χ3v) is 6.81. The number of piperidine rings is 1. The average molecular weight is 480 g/mol. The molecule has 2 aromatic carbocycles. The molecule has 0 bridgehead atoms. The summed E-state index contributed by atoms with van der Waals surface area (Å²) in [6.07, 6.45) is 1.89. The highest BCUT2D eigenvalue weighted by atomic mass is 19.1. The molecule has 2 fully saturated rings. The van der Waals surface area contributed by atoms with Crippen LogP contribution >= 0.6 is 0 Å². The van der Waals surface area contributed by atoms with Crippen LogP contribution in [-0.4, -0.2) is 78.8 Å². The Bertz CT molecular complexity index is 1140. The lowest BCUT2D eigenvalue weighted by molar-refractivity contribution is -0.133. The van der Waals surface area contributed by atoms with Gasteiger partial charge in [0.05, 0.1) is 19.6 Å². The molecule has 5 rings (SSSR count). The molecule has 0 spiro atoms. The van der Waals surface area contributed by atoms with E-state index in [2.05, 4.69) is 32.1 Å². The van der Waals surface area contributed by atoms with Gasteiger partial charge in [-0.25, -0.2) is 4.39 Å². The van der Waals surface area contributed by atoms with Gasteiger partial charge in [-0.05, 0) is 55.8 Å². The van der Waals surface area contributed by atoms with Gasteiger partial charge in [-0.2, -0.15) is 4.98 Å². The normalized spacial score (nSPS) is 19.1. The van der Waals surface area contributed by atoms with Crippen LogP contribution in [0.15, 0.2) is 53.1 Å². The summed E-state index contributed by atoms with van der Waals surface area (Å²) in [5.74, 6) is 1.68. The molecule has 1 aromatic heterocycles. The van der Waals surface area contributed by atoms with Crippen molar-refractivity contribution in [2.24, 2.45) is 0 Å². The molecule has 8 nitrogen and oxygen atoms in total. The SMILES string of the molecule is COc1ccc(N2CCN(C(=O)CN3CCCC(c4nc(-c5cccc(F)c5)no4)C3)CC2)cc1. The Kier molecular flexibility index (Phi) is 6.94. The Morgan fingerprint density at radius 1 is 1.11 bits per heavy atom. The molecule has 2 saturated heterocycles. The second-order valence-corrected chi connectivity index (χ2v) is 9.11. The Morgan fingerprint density at radius 2 is 1.91 bits per heavy atom. The van der Waals surface area contributed by atoms with Crippen molar-refractivity contribution in [3.05, 3.63) is 60.2 Å². The maximum atomic E-state index is 13.5. The summed E-state index contributed by atoms with van der Waals surface area (Å²) in [5.41, 5.74) is 1.74. The highest BCUT2D eigenvalue weighted by molar-refractivity contribution is 5.78. The molecule has 2 aliphatic heterocycles. The third kappa shape index (κ3) is 5.45. The van der Waals surface area contributed by atoms with E-state index in [4.69, 9.17) is 9.26 Å². The lowest BCUT2D eigenvalue weighted by Crippen LogP contribution is -2.52. The van der Waals surface area contributed by atoms with Crippen LogP contribution in [0.3, 0.4) is 0 Å². The van der Waals surface area contributed by atoms with Gasteiger partial charge in [0.25, 0.3) is 0 Å². The first-order valence-electron chi connectivity index (χ1n) is 12.1. The average Bonchev–Trinajstić information content (AvgIpc) is 3.40. The summed E-state index contributed by atoms with van der Waals surface area (Å²) in [7, 11) is 1.66. The van der Waals surface area contributed by atoms with Crippen LogP contribution < -0.4 is 9.64 Å². The molecule has 0 saturated carbocycles. The molecule has 9 heteroatoms. The molecule has 1 atom stereocenters. The number of carbonyl (C=O) groups is 1. The summed E-state index contributed by atoms with van der Waals surface area (Å²) < 4.78 is 24.3. The van der Waals surface area contributed by atoms with E-state index in [1.165, 1.54) is 12.1 Å². The lowest BCUT2D eigenvalue weighted by atomic mass is 9.98. The minimum absolute atomic E-state index is 0.0679. The minimum Gasteiger partial charge on any atom is -0.497 e. The molecule has 1 amide bonds. The Balaban J connectivity index is 1.14. The largest absolute Gasteiger partial charge is 0.497 e. The number of benzene rings is 2. The van der Waals surface area contributed by atoms with Crippen LogP contribution in [0, 0.1) is 5.82 Å². The number of amides is 1. The van der Waals surface area contributed by atoms with Crippen molar-refractivity contribution in [1.29, 1.82) is 0 Å². The van der Waals surface area contributed by atoms with Gasteiger partial charge in [0.15, 0.2) is 0 Å². The fourth-order valence-electron chi connectivity index (χ4n) is 4.84. The van der Waals surface area contributed by atoms with Gasteiger partial charge < -0.3 is 19.1 Å². The zero-order chi connectivity index (χ0) is 24.2. The van der Waals surface area contributed by atoms with E-state index in [1.807, 2.05) is 17.0 Å². The van der Waals surface area contributed by atoms with Gasteiger partial charge in [0, 0.05) is 44.0 Å². The number of methoxy groups -OCH3 is 1. The van der Waals surface area contributed by atoms with Gasteiger partial charge in [0.2, 0.25) is 17.6 Å². The fraction of sp³-hybridized carbons (Fsp3) is 0.423. The minimum atomic E-state index is -0.332. The monoisotopic (exact) mass is 479 g/mol. The first-order chi connectivity index (χ1) is 17.1. The van der Waals surface area contributed by atoms with E-state index in [0.29, 0.717) is 43.5 Å². The maximum Gasteiger partial charge on any atom is 0.236 e. The molecule has 1 unspecified atom stereocenters. The van der Waals surface area contributed by atoms with Crippen molar-refractivity contribution in [2.45, 2.75) is 18.8 Å². The van der Waals surface area contributed by atoms with E-state index < -0.39 is 0 Å². The molecule has 3 heterocycles. The first-order valence-corrected chi connectivity index (χ1v) is 12.1. The molecule has 184 valence electrons. The van der Waals surface area contributed by atoms with E-state index in [-0.39, 0.29) is 17.6 Å². The number of halogens is 1. The second-order valence-electron chi connectivity index (χ2n) is 9.11. The van der Waals surface area contributed by atoms with E-state index in [1.54, 1.807) is 19.2 Å². The van der Waals surface area contributed by atoms with Crippen molar-refractivity contribution in [1.82, 2.24) is 19.9 Å². The molecule has 3 aromatic rings. The third-order valence-electron chi connectivity index (χ3n) is 6.81. The second kappa shape index (κ2) is 10.4. The Labute approximate surface area is 204 Å². The summed E-state index contributed by atoms with van der Waals surface area (Å²) in [4.78, 5) is 24.0. The highest BCUT2D eigenvalue weighted by Gasteiger charge is 2.29. The van der Waals surface area contributed by atoms with Crippen LogP contribution in [0.4, 0.5) is 10.1 Å². The van der Waals surface area contributed by atoms with Gasteiger partial charge in [-0.15, -0.1) is 0 Å². The quantitative estimate of drug-likeness (QED) is 0.536. The molecular weight excluding hydrogens is 449 g/mol. The predicted molar refractivity (Wildman–Crippen MR) is 130 cm³/mol. The smallest absolute Gasteiger partial charge is 0.236 e. The summed E-state index contributed by atoms with van der Waals surface area (Å²) in [6, 6.07) is 14.2. The summed E-state index contributed by atoms with van der Waals surface area (Å²) in [6.45, 7) is 5.01. The van der Waals surface area contributed by atoms with Crippen LogP contribution in [0.2, 0.25) is 0 Å². The number of ether oxygens (including phenoxy) is 1. The van der Waals surface area contributed by atoms with Crippen molar-refractivity contribution >= 4 is 11.6 Å². The number of carbonyl (C=O) groups excluding carboxylic acids is 1. The molecule has 0 radical (unpaired) electrons. The molecule has 35 heavy (non-hydrogen) atoms. The Hall–Kier alpha value is -3.46. The number of piperazine rings is 1. The molecular formula is C26H30FN5O3. The zero-order valence-electron chi connectivity index (χ0n) is 19.9. The van der Waals surface area contributed by atoms with Crippen molar-refractivity contribution in [3.8, 4) is 17.1 Å². The van der Waals surface area contributed by atoms with E-state index in [9.17, 15) is 9.18 Å². The number of hydrogen-bond donors (Lipinski definition) is 0. The van der Waals surface area contributed by atoms with Gasteiger partial charge >= 0.3 is 0 Å². The fourth-order valence-corrected chi connectivity index (χ4v) is 4.84. The van der Waals surface area contributed by atoms with Gasteiger partial charge in [-0.1, -0.05) is 17.3 Å². The van der Waals surface area contributed by atoms with Crippen LogP contribution in [0.25, 0.3) is 11.4 Å². The van der Waals surface area contributed by atoms with Crippen molar-refractivity contribution in [2.75, 3.05) is 57.8 Å². The number of rotatable bonds is 6. The molecule has 0 N–H and O–H groups in total. The topological polar surface area (TPSA) is 74.9 Å². The number of nitrogens with zero attached hydrogens (tertiary/aromatic N) is 5. The summed E-state index contributed by atoms with van der Waals surface area (Å²) in [5, 5.41) is 4.05. The number of aromatic nitrogens is 2. The lowest BCUT2D eigenvalue weighted by Gasteiger charge is -2.38. The first kappa shape index (κ1) is 23.3. The standard InChI is InChI=1S/C26H30FN5O3/c1-34-23-9-7-22(8-10-23)31-12-14-32(15-13-31)24(33)18-30-11-3-5-20(17-30)26-28-25(29-35-26)19-4-2-6-21(27)16-19/h2,4,6-10,16,20H,3,5,11-15,17-18H2,1H3. The molecule has 0 aliphatic carbocycles. The number of anilines is 1. The predicted octanol–water partition coefficient (Wildman–Crippen LogP) is 3.41. The number of hydrogen-bond acceptors (Lipinski definition) is 7. The maximum absolute atomic E-state index is 13.5. The van der Waals surface area contributed by atoms with Crippen LogP contribution in [-0.2, 0) is 4.79 Å². The van der Waals surface area contributed by atoms with Crippen LogP contribution in [0.5, 0.6) is 5.75 Å². The van der Waals surface area contributed by atoms with E-state index in [0.717, 1.165) is 43.9 Å². The zero-order valence-corrected chi connectivity index (χ0v) is 19.9. The number of likely N-dealkylation sites (tertiary alicyclic amines) is 1. The molecule has 2 aliphatic rings. The van der Waals surface area contributed by atoms with Crippen molar-refractivity contribution in [3.63, 3.8) is 0 Å². The van der Waals surface area contributed by atoms with Crippen LogP contribution in [0.1, 0.15) is 24.7 Å². The van der Waals surface area contributed by atoms with Gasteiger partial charge in [-0.3, -0.25) is 9.69 Å². The van der Waals surface area contributed by atoms with Crippen molar-refractivity contribution < 1.29 is 18.4 Å². The highest BCUT2D eigenvalue weighted by Crippen LogP contribution is 2.28. The Morgan fingerprint density at radius 3 is 2.66 bits per heavy atom. The summed E-state index contributed by atoms with van der Waals surface area (Å²) >= 11 is 0.